The van der Waals surface area contributed by atoms with Gasteiger partial charge in [0.2, 0.25) is 5.76 Å². The highest BCUT2D eigenvalue weighted by Crippen LogP contribution is 2.44. The van der Waals surface area contributed by atoms with Crippen LogP contribution in [0.15, 0.2) is 28.7 Å². The summed E-state index contributed by atoms with van der Waals surface area (Å²) in [5, 5.41) is 3.49. The third-order valence-electron chi connectivity index (χ3n) is 5.67. The maximum Gasteiger partial charge on any atom is 0.292 e. The van der Waals surface area contributed by atoms with E-state index in [1.54, 1.807) is 0 Å². The van der Waals surface area contributed by atoms with Crippen LogP contribution in [-0.2, 0) is 6.42 Å². The summed E-state index contributed by atoms with van der Waals surface area (Å²) in [6.07, 6.45) is 0.699. The lowest BCUT2D eigenvalue weighted by atomic mass is 9.87. The van der Waals surface area contributed by atoms with E-state index in [4.69, 9.17) is 4.42 Å². The zero-order chi connectivity index (χ0) is 17.6. The average Bonchev–Trinajstić information content (AvgIpc) is 3.28. The predicted molar refractivity (Wildman–Crippen MR) is 95.4 cm³/mol. The molecule has 1 amide bonds. The molecule has 2 saturated heterocycles. The third kappa shape index (κ3) is 2.67. The average molecular weight is 339 g/mol. The number of hydrogen-bond donors (Lipinski definition) is 1. The van der Waals surface area contributed by atoms with E-state index in [9.17, 15) is 4.79 Å². The number of aryl methyl sites for hydroxylation is 3. The van der Waals surface area contributed by atoms with Gasteiger partial charge in [-0.15, -0.1) is 0 Å². The Morgan fingerprint density at radius 2 is 2.12 bits per heavy atom. The van der Waals surface area contributed by atoms with Gasteiger partial charge in [0, 0.05) is 32.0 Å². The summed E-state index contributed by atoms with van der Waals surface area (Å²) in [5.41, 5.74) is 3.18. The van der Waals surface area contributed by atoms with Crippen LogP contribution < -0.4 is 5.32 Å². The second-order valence-electron chi connectivity index (χ2n) is 7.22. The third-order valence-corrected chi connectivity index (χ3v) is 5.67. The van der Waals surface area contributed by atoms with Crippen LogP contribution in [0.2, 0.25) is 0 Å². The molecule has 5 nitrogen and oxygen atoms in total. The molecule has 2 fully saturated rings. The molecule has 1 aromatic heterocycles. The maximum absolute atomic E-state index is 13.3. The number of hydrogen-bond acceptors (Lipinski definition) is 4. The number of aromatic nitrogens is 1. The van der Waals surface area contributed by atoms with E-state index >= 15 is 0 Å². The molecular weight excluding hydrogens is 314 g/mol. The highest BCUT2D eigenvalue weighted by Gasteiger charge is 2.48. The van der Waals surface area contributed by atoms with Crippen LogP contribution in [0.4, 0.5) is 0 Å². The summed E-state index contributed by atoms with van der Waals surface area (Å²) in [7, 11) is 0. The minimum Gasteiger partial charge on any atom is -0.435 e. The number of carbonyl (C=O) groups is 1. The molecule has 1 aromatic carbocycles. The van der Waals surface area contributed by atoms with E-state index in [1.165, 1.54) is 11.1 Å². The molecule has 0 saturated carbocycles. The zero-order valence-electron chi connectivity index (χ0n) is 15.1. The number of carbonyl (C=O) groups excluding carboxylic acids is 1. The Morgan fingerprint density at radius 1 is 1.32 bits per heavy atom. The van der Waals surface area contributed by atoms with E-state index in [0.717, 1.165) is 19.6 Å². The topological polar surface area (TPSA) is 58.4 Å². The maximum atomic E-state index is 13.3. The van der Waals surface area contributed by atoms with Gasteiger partial charge in [0.1, 0.15) is 0 Å². The number of benzene rings is 1. The van der Waals surface area contributed by atoms with E-state index in [0.29, 0.717) is 35.6 Å². The first-order valence-electron chi connectivity index (χ1n) is 9.13. The van der Waals surface area contributed by atoms with Crippen LogP contribution >= 0.6 is 0 Å². The Hall–Kier alpha value is -2.14. The van der Waals surface area contributed by atoms with Crippen molar-refractivity contribution < 1.29 is 9.21 Å². The number of oxazole rings is 1. The second kappa shape index (κ2) is 6.30. The molecule has 25 heavy (non-hydrogen) atoms. The molecule has 2 aliphatic rings. The normalized spacial score (nSPS) is 25.4. The highest BCUT2D eigenvalue weighted by atomic mass is 16.4. The van der Waals surface area contributed by atoms with Crippen LogP contribution in [0.25, 0.3) is 0 Å². The van der Waals surface area contributed by atoms with Gasteiger partial charge in [-0.25, -0.2) is 4.98 Å². The molecule has 3 atom stereocenters. The molecule has 5 heteroatoms. The molecule has 1 N–H and O–H groups in total. The lowest BCUT2D eigenvalue weighted by Crippen LogP contribution is -2.35. The lowest BCUT2D eigenvalue weighted by Gasteiger charge is -2.29. The largest absolute Gasteiger partial charge is 0.435 e. The van der Waals surface area contributed by atoms with Gasteiger partial charge in [0.25, 0.3) is 5.91 Å². The molecule has 0 spiro atoms. The Balaban J connectivity index is 1.73. The Bertz CT molecular complexity index is 798. The van der Waals surface area contributed by atoms with Crippen molar-refractivity contribution in [2.45, 2.75) is 33.2 Å². The first kappa shape index (κ1) is 16.3. The first-order valence-corrected chi connectivity index (χ1v) is 9.13. The fourth-order valence-corrected chi connectivity index (χ4v) is 4.38. The van der Waals surface area contributed by atoms with E-state index in [1.807, 2.05) is 18.7 Å². The summed E-state index contributed by atoms with van der Waals surface area (Å²) < 4.78 is 5.76. The Labute approximate surface area is 148 Å². The smallest absolute Gasteiger partial charge is 0.292 e. The summed E-state index contributed by atoms with van der Waals surface area (Å²) in [5.74, 6) is 1.98. The number of likely N-dealkylation sites (tertiary alicyclic amines) is 1. The van der Waals surface area contributed by atoms with Gasteiger partial charge in [0.05, 0.1) is 11.7 Å². The standard InChI is InChI=1S/C20H25N3O2/c1-4-17-22-13(3)19(25-17)20(24)23-11-14-9-21-10-16(14)18(23)15-8-6-5-7-12(15)2/h5-8,14,16,18,21H,4,9-11H2,1-3H3/t14-,16-,18+/m0/s1. The first-order chi connectivity index (χ1) is 12.1. The highest BCUT2D eigenvalue weighted by molar-refractivity contribution is 5.93. The van der Waals surface area contributed by atoms with Gasteiger partial charge >= 0.3 is 0 Å². The van der Waals surface area contributed by atoms with Crippen LogP contribution in [-0.4, -0.2) is 35.4 Å². The lowest BCUT2D eigenvalue weighted by molar-refractivity contribution is 0.0678. The molecule has 0 bridgehead atoms. The van der Waals surface area contributed by atoms with Gasteiger partial charge in [-0.05, 0) is 30.9 Å². The van der Waals surface area contributed by atoms with Gasteiger partial charge in [0.15, 0.2) is 5.89 Å². The van der Waals surface area contributed by atoms with Crippen molar-refractivity contribution in [3.8, 4) is 0 Å². The fourth-order valence-electron chi connectivity index (χ4n) is 4.38. The Kier molecular flexibility index (Phi) is 4.12. The van der Waals surface area contributed by atoms with Crippen molar-refractivity contribution in [3.63, 3.8) is 0 Å². The second-order valence-corrected chi connectivity index (χ2v) is 7.22. The minimum absolute atomic E-state index is 0.0210. The molecule has 3 heterocycles. The van der Waals surface area contributed by atoms with Crippen molar-refractivity contribution in [2.24, 2.45) is 11.8 Å². The molecule has 4 rings (SSSR count). The number of nitrogens with zero attached hydrogens (tertiary/aromatic N) is 2. The van der Waals surface area contributed by atoms with Crippen molar-refractivity contribution in [2.75, 3.05) is 19.6 Å². The predicted octanol–water partition coefficient (Wildman–Crippen LogP) is 2.89. The van der Waals surface area contributed by atoms with Gasteiger partial charge in [-0.3, -0.25) is 4.79 Å². The quantitative estimate of drug-likeness (QED) is 0.934. The molecule has 132 valence electrons. The van der Waals surface area contributed by atoms with Crippen molar-refractivity contribution in [1.29, 1.82) is 0 Å². The molecule has 0 unspecified atom stereocenters. The molecule has 2 aliphatic heterocycles. The van der Waals surface area contributed by atoms with E-state index in [2.05, 4.69) is 41.5 Å². The van der Waals surface area contributed by atoms with Crippen molar-refractivity contribution in [3.05, 3.63) is 52.7 Å². The minimum atomic E-state index is -0.0210. The van der Waals surface area contributed by atoms with Crippen LogP contribution in [0.3, 0.4) is 0 Å². The van der Waals surface area contributed by atoms with E-state index < -0.39 is 0 Å². The SMILES string of the molecule is CCc1nc(C)c(C(=O)N2C[C@@H]3CNC[C@@H]3[C@H]2c2ccccc2C)o1. The number of nitrogens with one attached hydrogen (secondary N) is 1. The van der Waals surface area contributed by atoms with Gasteiger partial charge in [-0.2, -0.15) is 0 Å². The molecular formula is C20H25N3O2. The number of amides is 1. The van der Waals surface area contributed by atoms with Gasteiger partial charge < -0.3 is 14.6 Å². The summed E-state index contributed by atoms with van der Waals surface area (Å²) >= 11 is 0. The zero-order valence-corrected chi connectivity index (χ0v) is 15.1. The molecule has 0 radical (unpaired) electrons. The van der Waals surface area contributed by atoms with Crippen LogP contribution in [0.1, 0.15) is 46.2 Å². The summed E-state index contributed by atoms with van der Waals surface area (Å²) in [4.78, 5) is 19.7. The monoisotopic (exact) mass is 339 g/mol. The van der Waals surface area contributed by atoms with Crippen molar-refractivity contribution in [1.82, 2.24) is 15.2 Å². The van der Waals surface area contributed by atoms with Crippen molar-refractivity contribution >= 4 is 5.91 Å². The summed E-state index contributed by atoms with van der Waals surface area (Å²) in [6, 6.07) is 8.51. The summed E-state index contributed by atoms with van der Waals surface area (Å²) in [6.45, 7) is 8.69. The van der Waals surface area contributed by atoms with Gasteiger partial charge in [-0.1, -0.05) is 31.2 Å². The molecule has 2 aromatic rings. The number of fused-ring (bicyclic) bond motifs is 1. The molecule has 0 aliphatic carbocycles. The van der Waals surface area contributed by atoms with E-state index in [-0.39, 0.29) is 11.9 Å². The Morgan fingerprint density at radius 3 is 2.84 bits per heavy atom. The number of rotatable bonds is 3. The van der Waals surface area contributed by atoms with Crippen LogP contribution in [0.5, 0.6) is 0 Å². The fraction of sp³-hybridized carbons (Fsp3) is 0.500. The van der Waals surface area contributed by atoms with Crippen LogP contribution in [0, 0.1) is 25.7 Å².